The average Bonchev–Trinajstić information content (AvgIpc) is 3.02. The molecule has 19 heavy (non-hydrogen) atoms. The fourth-order valence-corrected chi connectivity index (χ4v) is 2.97. The molecule has 2 heterocycles. The van der Waals surface area contributed by atoms with Crippen molar-refractivity contribution in [1.82, 2.24) is 10.1 Å². The second-order valence-corrected chi connectivity index (χ2v) is 5.52. The van der Waals surface area contributed by atoms with E-state index in [1.807, 2.05) is 0 Å². The Morgan fingerprint density at radius 2 is 2.05 bits per heavy atom. The van der Waals surface area contributed by atoms with Gasteiger partial charge in [-0.15, -0.1) is 12.4 Å². The number of hydrogen-bond acceptors (Lipinski definition) is 5. The Morgan fingerprint density at radius 3 is 2.79 bits per heavy atom. The summed E-state index contributed by atoms with van der Waals surface area (Å²) in [6.45, 7) is 1.53. The molecule has 3 unspecified atom stereocenters. The van der Waals surface area contributed by atoms with Crippen molar-refractivity contribution in [3.63, 3.8) is 0 Å². The molecule has 1 aromatic rings. The van der Waals surface area contributed by atoms with Gasteiger partial charge in [0.15, 0.2) is 5.82 Å². The fraction of sp³-hybridized carbons (Fsp3) is 0.846. The molecule has 5 nitrogen and oxygen atoms in total. The zero-order chi connectivity index (χ0) is 12.4. The average molecular weight is 288 g/mol. The molecule has 0 bridgehead atoms. The van der Waals surface area contributed by atoms with Crippen LogP contribution in [0.4, 0.5) is 0 Å². The molecule has 1 aromatic heterocycles. The minimum atomic E-state index is 0. The standard InChI is InChI=1S/C13H21N3O2.ClH/c14-11-4-2-1-3-9(11)7-12-15-13(16-18-12)10-5-6-17-8-10;/h9-11H,1-8,14H2;1H. The lowest BCUT2D eigenvalue weighted by molar-refractivity contribution is 0.192. The summed E-state index contributed by atoms with van der Waals surface area (Å²) in [6.07, 6.45) is 6.68. The van der Waals surface area contributed by atoms with Gasteiger partial charge < -0.3 is 15.0 Å². The maximum Gasteiger partial charge on any atom is 0.226 e. The molecule has 2 aliphatic rings. The van der Waals surface area contributed by atoms with Crippen LogP contribution in [0.1, 0.15) is 49.7 Å². The minimum Gasteiger partial charge on any atom is -0.381 e. The lowest BCUT2D eigenvalue weighted by atomic mass is 9.83. The molecule has 3 atom stereocenters. The fourth-order valence-electron chi connectivity index (χ4n) is 2.97. The third kappa shape index (κ3) is 3.46. The number of halogens is 1. The Hall–Kier alpha value is -0.650. The van der Waals surface area contributed by atoms with E-state index in [0.717, 1.165) is 44.2 Å². The summed E-state index contributed by atoms with van der Waals surface area (Å²) in [5.74, 6) is 2.39. The monoisotopic (exact) mass is 287 g/mol. The molecular formula is C13H22ClN3O2. The molecule has 6 heteroatoms. The molecule has 2 fully saturated rings. The van der Waals surface area contributed by atoms with Crippen molar-refractivity contribution in [1.29, 1.82) is 0 Å². The van der Waals surface area contributed by atoms with E-state index >= 15 is 0 Å². The lowest BCUT2D eigenvalue weighted by Crippen LogP contribution is -2.34. The Kier molecular flexibility index (Phi) is 5.19. The van der Waals surface area contributed by atoms with Crippen LogP contribution in [0.2, 0.25) is 0 Å². The third-order valence-corrected chi connectivity index (χ3v) is 4.18. The molecule has 0 radical (unpaired) electrons. The second kappa shape index (κ2) is 6.68. The smallest absolute Gasteiger partial charge is 0.226 e. The van der Waals surface area contributed by atoms with Crippen molar-refractivity contribution >= 4 is 12.4 Å². The summed E-state index contributed by atoms with van der Waals surface area (Å²) in [5, 5.41) is 4.08. The van der Waals surface area contributed by atoms with Crippen molar-refractivity contribution in [2.75, 3.05) is 13.2 Å². The Balaban J connectivity index is 0.00000133. The second-order valence-electron chi connectivity index (χ2n) is 5.52. The molecule has 3 rings (SSSR count). The number of rotatable bonds is 3. The van der Waals surface area contributed by atoms with Crippen molar-refractivity contribution in [2.24, 2.45) is 11.7 Å². The van der Waals surface area contributed by atoms with E-state index in [4.69, 9.17) is 15.0 Å². The van der Waals surface area contributed by atoms with E-state index in [1.165, 1.54) is 19.3 Å². The van der Waals surface area contributed by atoms with Gasteiger partial charge in [0.1, 0.15) is 0 Å². The lowest BCUT2D eigenvalue weighted by Gasteiger charge is -2.27. The van der Waals surface area contributed by atoms with Crippen LogP contribution in [0.3, 0.4) is 0 Å². The number of hydrogen-bond donors (Lipinski definition) is 1. The van der Waals surface area contributed by atoms with Crippen molar-refractivity contribution < 1.29 is 9.26 Å². The molecule has 0 aromatic carbocycles. The topological polar surface area (TPSA) is 74.2 Å². The number of nitrogens with zero attached hydrogens (tertiary/aromatic N) is 2. The molecule has 1 saturated carbocycles. The van der Waals surface area contributed by atoms with Gasteiger partial charge in [0, 0.05) is 25.0 Å². The van der Waals surface area contributed by atoms with Crippen LogP contribution in [0.25, 0.3) is 0 Å². The SMILES string of the molecule is Cl.NC1CCCCC1Cc1nc(C2CCOC2)no1. The zero-order valence-electron chi connectivity index (χ0n) is 11.1. The molecule has 108 valence electrons. The molecule has 0 spiro atoms. The first-order valence-corrected chi connectivity index (χ1v) is 6.99. The van der Waals surface area contributed by atoms with E-state index in [0.29, 0.717) is 17.9 Å². The third-order valence-electron chi connectivity index (χ3n) is 4.18. The van der Waals surface area contributed by atoms with E-state index in [9.17, 15) is 0 Å². The highest BCUT2D eigenvalue weighted by molar-refractivity contribution is 5.85. The van der Waals surface area contributed by atoms with Crippen LogP contribution >= 0.6 is 12.4 Å². The molecule has 1 saturated heterocycles. The molecule has 2 N–H and O–H groups in total. The number of aromatic nitrogens is 2. The summed E-state index contributed by atoms with van der Waals surface area (Å²) in [4.78, 5) is 4.51. The number of nitrogens with two attached hydrogens (primary N) is 1. The number of ether oxygens (including phenoxy) is 1. The highest BCUT2D eigenvalue weighted by atomic mass is 35.5. The van der Waals surface area contributed by atoms with Gasteiger partial charge in [-0.3, -0.25) is 0 Å². The first kappa shape index (κ1) is 14.8. The Morgan fingerprint density at radius 1 is 1.21 bits per heavy atom. The molecule has 1 aliphatic heterocycles. The van der Waals surface area contributed by atoms with Gasteiger partial charge in [-0.1, -0.05) is 18.0 Å². The van der Waals surface area contributed by atoms with Gasteiger partial charge in [-0.25, -0.2) is 0 Å². The van der Waals surface area contributed by atoms with Gasteiger partial charge in [-0.05, 0) is 25.2 Å². The maximum atomic E-state index is 6.15. The van der Waals surface area contributed by atoms with E-state index in [-0.39, 0.29) is 12.4 Å². The molecular weight excluding hydrogens is 266 g/mol. The summed E-state index contributed by atoms with van der Waals surface area (Å²) in [7, 11) is 0. The van der Waals surface area contributed by atoms with Crippen LogP contribution in [0.5, 0.6) is 0 Å². The van der Waals surface area contributed by atoms with Crippen LogP contribution in [0.15, 0.2) is 4.52 Å². The van der Waals surface area contributed by atoms with Crippen molar-refractivity contribution in [2.45, 2.75) is 50.5 Å². The summed E-state index contributed by atoms with van der Waals surface area (Å²) < 4.78 is 10.7. The maximum absolute atomic E-state index is 6.15. The van der Waals surface area contributed by atoms with Gasteiger partial charge in [0.2, 0.25) is 5.89 Å². The zero-order valence-corrected chi connectivity index (χ0v) is 11.9. The van der Waals surface area contributed by atoms with Crippen LogP contribution < -0.4 is 5.73 Å². The van der Waals surface area contributed by atoms with Gasteiger partial charge in [0.25, 0.3) is 0 Å². The van der Waals surface area contributed by atoms with Crippen LogP contribution in [-0.4, -0.2) is 29.4 Å². The predicted octanol–water partition coefficient (Wildman–Crippen LogP) is 2.06. The minimum absolute atomic E-state index is 0. The predicted molar refractivity (Wildman–Crippen MR) is 73.4 cm³/mol. The van der Waals surface area contributed by atoms with Crippen LogP contribution in [0, 0.1) is 5.92 Å². The quantitative estimate of drug-likeness (QED) is 0.921. The summed E-state index contributed by atoms with van der Waals surface area (Å²) >= 11 is 0. The normalized spacial score (nSPS) is 31.1. The highest BCUT2D eigenvalue weighted by Gasteiger charge is 2.26. The Bertz CT molecular complexity index is 393. The van der Waals surface area contributed by atoms with Gasteiger partial charge in [-0.2, -0.15) is 4.98 Å². The largest absolute Gasteiger partial charge is 0.381 e. The highest BCUT2D eigenvalue weighted by Crippen LogP contribution is 2.27. The van der Waals surface area contributed by atoms with Crippen molar-refractivity contribution in [3.05, 3.63) is 11.7 Å². The van der Waals surface area contributed by atoms with Gasteiger partial charge in [0.05, 0.1) is 6.61 Å². The summed E-state index contributed by atoms with van der Waals surface area (Å²) in [5.41, 5.74) is 6.15. The van der Waals surface area contributed by atoms with Crippen LogP contribution in [-0.2, 0) is 11.2 Å². The first-order chi connectivity index (χ1) is 8.83. The summed E-state index contributed by atoms with van der Waals surface area (Å²) in [6, 6.07) is 0.295. The molecule has 1 aliphatic carbocycles. The van der Waals surface area contributed by atoms with Crippen molar-refractivity contribution in [3.8, 4) is 0 Å². The Labute approximate surface area is 119 Å². The van der Waals surface area contributed by atoms with Gasteiger partial charge >= 0.3 is 0 Å². The van der Waals surface area contributed by atoms with E-state index in [2.05, 4.69) is 10.1 Å². The molecule has 0 amide bonds. The van der Waals surface area contributed by atoms with E-state index < -0.39 is 0 Å². The van der Waals surface area contributed by atoms with E-state index in [1.54, 1.807) is 0 Å². The first-order valence-electron chi connectivity index (χ1n) is 6.99.